The molecule has 62 heavy (non-hydrogen) atoms. The molecular weight excluding hydrogens is 753 g/mol. The van der Waals surface area contributed by atoms with E-state index >= 15 is 0 Å². The molecule has 0 spiro atoms. The molecule has 8 fully saturated rings. The molecule has 2 nitrogen and oxygen atoms in total. The number of hydrogen-bond acceptors (Lipinski definition) is 2. The molecule has 0 aromatic rings. The Morgan fingerprint density at radius 3 is 1.82 bits per heavy atom. The van der Waals surface area contributed by atoms with E-state index in [0.29, 0.717) is 55.2 Å². The summed E-state index contributed by atoms with van der Waals surface area (Å²) >= 11 is 0. The lowest BCUT2D eigenvalue weighted by atomic mass is 9.32. The third-order valence-electron chi connectivity index (χ3n) is 26.7. The molecule has 0 amide bonds. The maximum absolute atomic E-state index is 10.9. The number of rotatable bonds is 1. The first kappa shape index (κ1) is 46.5. The predicted molar refractivity (Wildman–Crippen MR) is 261 cm³/mol. The van der Waals surface area contributed by atoms with E-state index < -0.39 is 0 Å². The van der Waals surface area contributed by atoms with Crippen molar-refractivity contribution >= 4 is 0 Å². The van der Waals surface area contributed by atoms with Gasteiger partial charge in [0.2, 0.25) is 0 Å². The second-order valence-corrected chi connectivity index (χ2v) is 29.3. The Hall–Kier alpha value is -0.600. The monoisotopic (exact) mass is 853 g/mol. The molecule has 5 unspecified atom stereocenters. The number of hydrogen-bond donors (Lipinski definition) is 2. The van der Waals surface area contributed by atoms with E-state index in [4.69, 9.17) is 0 Å². The third kappa shape index (κ3) is 5.89. The zero-order valence-corrected chi connectivity index (χ0v) is 43.6. The Bertz CT molecular complexity index is 1820. The highest BCUT2D eigenvalue weighted by molar-refractivity contribution is 5.39. The van der Waals surface area contributed by atoms with Crippen LogP contribution < -0.4 is 0 Å². The standard InChI is InChI=1S/2C30H50O/c1-19-11-14-27(5)17-18-29(7)22-9-10-23-26(3,4)24(31)13-15-28(23,6)21(22)12-16-30(29,8)25(27)20(19)2;1-19(2)20-11-14-27(5)17-18-29(7)21(25(20)27)9-10-23-28(6)15-13-24(31)26(3,4)22(28)12-16-30(23,29)8/h19-20,23-25,31H,9-18H2,1-8H3;20-25,31H,1,9-18H2,2-8H3/t19-,20+,23?,24+,25-,27-,28-,29-,30+;20-,21?,22?,23?,24-,25?,27+,28-,29-,30+/m10/s1. The van der Waals surface area contributed by atoms with Crippen molar-refractivity contribution in [2.45, 2.75) is 244 Å². The fraction of sp³-hybridized carbons (Fsp3) is 0.933. The molecule has 0 saturated heterocycles. The number of allylic oxidation sites excluding steroid dienone is 3. The van der Waals surface area contributed by atoms with Gasteiger partial charge in [-0.3, -0.25) is 0 Å². The number of aliphatic hydroxyl groups excluding tert-OH is 2. The van der Waals surface area contributed by atoms with Gasteiger partial charge in [-0.25, -0.2) is 0 Å². The normalized spacial score (nSPS) is 57.1. The molecule has 19 atom stereocenters. The van der Waals surface area contributed by atoms with Crippen LogP contribution in [-0.2, 0) is 0 Å². The first-order chi connectivity index (χ1) is 28.6. The average Bonchev–Trinajstić information content (AvgIpc) is 3.56. The summed E-state index contributed by atoms with van der Waals surface area (Å²) in [6, 6.07) is 0. The van der Waals surface area contributed by atoms with E-state index in [2.05, 4.69) is 110 Å². The van der Waals surface area contributed by atoms with Gasteiger partial charge in [0, 0.05) is 0 Å². The van der Waals surface area contributed by atoms with Gasteiger partial charge in [-0.1, -0.05) is 120 Å². The third-order valence-corrected chi connectivity index (χ3v) is 26.7. The van der Waals surface area contributed by atoms with Crippen LogP contribution in [0, 0.1) is 107 Å². The minimum atomic E-state index is -0.128. The Kier molecular flexibility index (Phi) is 10.8. The highest BCUT2D eigenvalue weighted by atomic mass is 16.3. The second kappa shape index (κ2) is 14.5. The molecule has 0 radical (unpaired) electrons. The van der Waals surface area contributed by atoms with Crippen LogP contribution in [0.5, 0.6) is 0 Å². The topological polar surface area (TPSA) is 40.5 Å². The summed E-state index contributed by atoms with van der Waals surface area (Å²) in [5.41, 5.74) is 8.89. The van der Waals surface area contributed by atoms with Crippen LogP contribution in [-0.4, -0.2) is 22.4 Å². The maximum atomic E-state index is 10.9. The molecule has 2 heteroatoms. The van der Waals surface area contributed by atoms with E-state index in [1.807, 2.05) is 11.1 Å². The molecule has 10 aliphatic rings. The summed E-state index contributed by atoms with van der Waals surface area (Å²) in [5, 5.41) is 21.8. The Balaban J connectivity index is 0.000000158. The van der Waals surface area contributed by atoms with Crippen LogP contribution in [0.4, 0.5) is 0 Å². The quantitative estimate of drug-likeness (QED) is 0.258. The first-order valence-electron chi connectivity index (χ1n) is 27.4. The summed E-state index contributed by atoms with van der Waals surface area (Å²) in [6.07, 6.45) is 26.4. The van der Waals surface area contributed by atoms with E-state index in [0.717, 1.165) is 54.3 Å². The van der Waals surface area contributed by atoms with Crippen LogP contribution in [0.15, 0.2) is 23.3 Å². The van der Waals surface area contributed by atoms with Crippen molar-refractivity contribution in [3.05, 3.63) is 23.3 Å². The average molecular weight is 853 g/mol. The van der Waals surface area contributed by atoms with E-state index in [1.165, 1.54) is 121 Å². The van der Waals surface area contributed by atoms with Crippen LogP contribution in [0.2, 0.25) is 0 Å². The van der Waals surface area contributed by atoms with Crippen molar-refractivity contribution in [2.24, 2.45) is 107 Å². The van der Waals surface area contributed by atoms with Crippen molar-refractivity contribution in [3.63, 3.8) is 0 Å². The van der Waals surface area contributed by atoms with Crippen molar-refractivity contribution < 1.29 is 10.2 Å². The highest BCUT2D eigenvalue weighted by Crippen LogP contribution is 2.78. The van der Waals surface area contributed by atoms with Crippen LogP contribution in [0.1, 0.15) is 232 Å². The molecule has 10 rings (SSSR count). The lowest BCUT2D eigenvalue weighted by Crippen LogP contribution is -2.66. The fourth-order valence-corrected chi connectivity index (χ4v) is 22.4. The fourth-order valence-electron chi connectivity index (χ4n) is 22.4. The molecule has 0 bridgehead atoms. The molecule has 0 heterocycles. The van der Waals surface area contributed by atoms with Crippen molar-refractivity contribution in [3.8, 4) is 0 Å². The van der Waals surface area contributed by atoms with Crippen molar-refractivity contribution in [1.82, 2.24) is 0 Å². The minimum Gasteiger partial charge on any atom is -0.393 e. The minimum absolute atomic E-state index is 0.0473. The van der Waals surface area contributed by atoms with E-state index in [9.17, 15) is 10.2 Å². The van der Waals surface area contributed by atoms with Gasteiger partial charge < -0.3 is 10.2 Å². The van der Waals surface area contributed by atoms with Gasteiger partial charge in [0.05, 0.1) is 12.2 Å². The van der Waals surface area contributed by atoms with Crippen LogP contribution >= 0.6 is 0 Å². The van der Waals surface area contributed by atoms with Gasteiger partial charge in [0.15, 0.2) is 0 Å². The lowest BCUT2D eigenvalue weighted by Gasteiger charge is -2.73. The smallest absolute Gasteiger partial charge is 0.0594 e. The predicted octanol–water partition coefficient (Wildman–Crippen LogP) is 16.2. The zero-order valence-electron chi connectivity index (χ0n) is 43.6. The Labute approximate surface area is 383 Å². The highest BCUT2D eigenvalue weighted by Gasteiger charge is 2.71. The van der Waals surface area contributed by atoms with Gasteiger partial charge in [-0.2, -0.15) is 0 Å². The van der Waals surface area contributed by atoms with Gasteiger partial charge >= 0.3 is 0 Å². The van der Waals surface area contributed by atoms with E-state index in [1.54, 1.807) is 0 Å². The number of fused-ring (bicyclic) bond motifs is 13. The lowest BCUT2D eigenvalue weighted by molar-refractivity contribution is -0.246. The summed E-state index contributed by atoms with van der Waals surface area (Å²) in [7, 11) is 0. The van der Waals surface area contributed by atoms with Crippen LogP contribution in [0.3, 0.4) is 0 Å². The Morgan fingerprint density at radius 1 is 0.516 bits per heavy atom. The maximum Gasteiger partial charge on any atom is 0.0594 e. The van der Waals surface area contributed by atoms with Gasteiger partial charge in [0.1, 0.15) is 0 Å². The summed E-state index contributed by atoms with van der Waals surface area (Å²) in [4.78, 5) is 0. The summed E-state index contributed by atoms with van der Waals surface area (Å²) in [6.45, 7) is 42.9. The SMILES string of the molecule is C=C(C)[C@@H]1CC[C@]2(C)CC[C@@]3(C)C(CCC4[C@@]5(C)CC[C@H](O)C(C)(C)C5CC[C@]43C)C12.C[C@H]1[C@H](C)CC[C@]2(C)CC[C@]3(C)C4=C(CC[C@@]3(C)[C@H]12)[C@@]1(C)CC[C@H](O)C(C)(C)C1CC4. The van der Waals surface area contributed by atoms with Gasteiger partial charge in [-0.05, 0) is 243 Å². The summed E-state index contributed by atoms with van der Waals surface area (Å²) in [5.74, 6) is 7.21. The second-order valence-electron chi connectivity index (χ2n) is 29.3. The number of aliphatic hydroxyl groups is 2. The van der Waals surface area contributed by atoms with Crippen LogP contribution in [0.25, 0.3) is 0 Å². The molecule has 0 aromatic carbocycles. The molecule has 8 saturated carbocycles. The largest absolute Gasteiger partial charge is 0.393 e. The van der Waals surface area contributed by atoms with Crippen molar-refractivity contribution in [1.29, 1.82) is 0 Å². The molecular formula is C60H100O2. The molecule has 352 valence electrons. The molecule has 10 aliphatic carbocycles. The molecule has 0 aliphatic heterocycles. The molecule has 0 aromatic heterocycles. The zero-order chi connectivity index (χ0) is 45.2. The Morgan fingerprint density at radius 2 is 1.15 bits per heavy atom. The summed E-state index contributed by atoms with van der Waals surface area (Å²) < 4.78 is 0. The van der Waals surface area contributed by atoms with Gasteiger partial charge in [-0.15, -0.1) is 0 Å². The van der Waals surface area contributed by atoms with Gasteiger partial charge in [0.25, 0.3) is 0 Å². The van der Waals surface area contributed by atoms with Crippen molar-refractivity contribution in [2.75, 3.05) is 0 Å². The van der Waals surface area contributed by atoms with E-state index in [-0.39, 0.29) is 23.0 Å². The molecule has 2 N–H and O–H groups in total. The first-order valence-corrected chi connectivity index (χ1v) is 27.4.